The highest BCUT2D eigenvalue weighted by molar-refractivity contribution is 6.00. The van der Waals surface area contributed by atoms with Gasteiger partial charge in [-0.1, -0.05) is 36.9 Å². The van der Waals surface area contributed by atoms with E-state index in [0.717, 1.165) is 11.1 Å². The van der Waals surface area contributed by atoms with E-state index in [0.29, 0.717) is 0 Å². The van der Waals surface area contributed by atoms with Crippen molar-refractivity contribution in [2.24, 2.45) is 0 Å². The van der Waals surface area contributed by atoms with Crippen LogP contribution < -0.4 is 11.1 Å². The zero-order chi connectivity index (χ0) is 14.5. The Bertz CT molecular complexity index is 639. The van der Waals surface area contributed by atoms with Gasteiger partial charge >= 0.3 is 0 Å². The van der Waals surface area contributed by atoms with Crippen molar-refractivity contribution in [3.05, 3.63) is 60.4 Å². The Balaban J connectivity index is 2.34. The number of nitrogens with one attached hydrogen (secondary N) is 1. The molecule has 0 bridgehead atoms. The zero-order valence-corrected chi connectivity index (χ0v) is 10.8. The molecule has 0 unspecified atom stereocenters. The molecule has 0 saturated heterocycles. The summed E-state index contributed by atoms with van der Waals surface area (Å²) in [6.45, 7) is 3.18. The molecule has 1 amide bonds. The smallest absolute Gasteiger partial charge is 0.259 e. The fraction of sp³-hybridized carbons (Fsp3) is 0.0667. The maximum absolute atomic E-state index is 12.0. The van der Waals surface area contributed by atoms with Crippen LogP contribution in [0.25, 0.3) is 11.1 Å². The average Bonchev–Trinajstić information content (AvgIpc) is 2.48. The first-order chi connectivity index (χ1) is 9.61. The van der Waals surface area contributed by atoms with E-state index in [9.17, 15) is 4.79 Å². The number of anilines is 1. The van der Waals surface area contributed by atoms with Gasteiger partial charge in [0.25, 0.3) is 5.91 Å². The van der Waals surface area contributed by atoms with E-state index >= 15 is 0 Å². The third-order valence-electron chi connectivity index (χ3n) is 2.75. The summed E-state index contributed by atoms with van der Waals surface area (Å²) in [5, 5.41) is 11.3. The van der Waals surface area contributed by atoms with Crippen LogP contribution in [-0.2, 0) is 0 Å². The molecular formula is C15H15N3O2. The molecule has 102 valence electrons. The van der Waals surface area contributed by atoms with Crippen LogP contribution >= 0.6 is 0 Å². The van der Waals surface area contributed by atoms with Gasteiger partial charge in [0.05, 0.1) is 12.2 Å². The number of carbonyl (C=O) groups is 1. The number of benzene rings is 1. The molecule has 1 aromatic carbocycles. The number of hydrogen-bond acceptors (Lipinski definition) is 4. The van der Waals surface area contributed by atoms with Gasteiger partial charge in [-0.2, -0.15) is 0 Å². The molecule has 5 nitrogen and oxygen atoms in total. The number of pyridine rings is 1. The Kier molecular flexibility index (Phi) is 4.12. The molecule has 0 aliphatic carbocycles. The summed E-state index contributed by atoms with van der Waals surface area (Å²) >= 11 is 0. The van der Waals surface area contributed by atoms with Crippen LogP contribution in [0.2, 0.25) is 0 Å². The predicted octanol–water partition coefficient (Wildman–Crippen LogP) is 1.57. The highest BCUT2D eigenvalue weighted by atomic mass is 16.3. The number of nitrogens with zero attached hydrogens (tertiary/aromatic N) is 1. The molecule has 1 heterocycles. The van der Waals surface area contributed by atoms with Crippen LogP contribution in [-0.4, -0.2) is 22.6 Å². The van der Waals surface area contributed by atoms with Crippen molar-refractivity contribution in [1.29, 1.82) is 0 Å². The van der Waals surface area contributed by atoms with Gasteiger partial charge in [0.15, 0.2) is 0 Å². The Morgan fingerprint density at radius 1 is 1.30 bits per heavy atom. The van der Waals surface area contributed by atoms with E-state index < -0.39 is 5.91 Å². The van der Waals surface area contributed by atoms with E-state index in [2.05, 4.69) is 16.9 Å². The number of amides is 1. The number of carbonyl (C=O) groups excluding carboxylic acids is 1. The van der Waals surface area contributed by atoms with E-state index in [4.69, 9.17) is 10.8 Å². The number of hydrogen-bond donors (Lipinski definition) is 3. The van der Waals surface area contributed by atoms with Crippen molar-refractivity contribution in [1.82, 2.24) is 10.3 Å². The molecule has 20 heavy (non-hydrogen) atoms. The summed E-state index contributed by atoms with van der Waals surface area (Å²) in [5.74, 6) is -0.306. The minimum atomic E-state index is -0.438. The SMILES string of the molecule is C=C(CO)NC(=O)c1cc(-c2ccccc2)cnc1N. The number of aliphatic hydroxyl groups is 1. The summed E-state index contributed by atoms with van der Waals surface area (Å²) in [6.07, 6.45) is 1.61. The highest BCUT2D eigenvalue weighted by Gasteiger charge is 2.13. The van der Waals surface area contributed by atoms with Gasteiger partial charge in [0.2, 0.25) is 0 Å². The maximum atomic E-state index is 12.0. The lowest BCUT2D eigenvalue weighted by molar-refractivity contribution is 0.0961. The Hall–Kier alpha value is -2.66. The lowest BCUT2D eigenvalue weighted by Gasteiger charge is -2.09. The molecule has 2 aromatic rings. The van der Waals surface area contributed by atoms with Crippen LogP contribution in [0.15, 0.2) is 54.9 Å². The van der Waals surface area contributed by atoms with Crippen LogP contribution in [0.1, 0.15) is 10.4 Å². The van der Waals surface area contributed by atoms with Gasteiger partial charge < -0.3 is 16.2 Å². The second kappa shape index (κ2) is 5.99. The summed E-state index contributed by atoms with van der Waals surface area (Å²) in [4.78, 5) is 16.0. The van der Waals surface area contributed by atoms with E-state index in [1.165, 1.54) is 0 Å². The molecule has 0 saturated carbocycles. The molecule has 4 N–H and O–H groups in total. The van der Waals surface area contributed by atoms with Crippen LogP contribution in [0, 0.1) is 0 Å². The molecule has 5 heteroatoms. The van der Waals surface area contributed by atoms with Crippen molar-refractivity contribution >= 4 is 11.7 Å². The summed E-state index contributed by atoms with van der Waals surface area (Å²) in [5.41, 5.74) is 7.91. The van der Waals surface area contributed by atoms with E-state index in [-0.39, 0.29) is 23.7 Å². The first-order valence-electron chi connectivity index (χ1n) is 6.02. The fourth-order valence-electron chi connectivity index (χ4n) is 1.71. The number of nitrogens with two attached hydrogens (primary N) is 1. The second-order valence-corrected chi connectivity index (χ2v) is 4.24. The van der Waals surface area contributed by atoms with Gasteiger partial charge in [-0.15, -0.1) is 0 Å². The van der Waals surface area contributed by atoms with Crippen LogP contribution in [0.5, 0.6) is 0 Å². The topological polar surface area (TPSA) is 88.2 Å². The van der Waals surface area contributed by atoms with Gasteiger partial charge in [-0.05, 0) is 11.6 Å². The molecule has 0 radical (unpaired) electrons. The number of nitrogen functional groups attached to an aromatic ring is 1. The Labute approximate surface area is 116 Å². The minimum absolute atomic E-state index is 0.132. The molecule has 0 fully saturated rings. The van der Waals surface area contributed by atoms with Gasteiger partial charge in [0, 0.05) is 17.5 Å². The lowest BCUT2D eigenvalue weighted by atomic mass is 10.1. The maximum Gasteiger partial charge on any atom is 0.259 e. The zero-order valence-electron chi connectivity index (χ0n) is 10.8. The average molecular weight is 269 g/mol. The second-order valence-electron chi connectivity index (χ2n) is 4.24. The normalized spacial score (nSPS) is 10.1. The first-order valence-corrected chi connectivity index (χ1v) is 6.02. The minimum Gasteiger partial charge on any atom is -0.390 e. The monoisotopic (exact) mass is 269 g/mol. The number of aromatic nitrogens is 1. The highest BCUT2D eigenvalue weighted by Crippen LogP contribution is 2.21. The summed E-state index contributed by atoms with van der Waals surface area (Å²) in [6, 6.07) is 11.2. The van der Waals surface area contributed by atoms with Crippen molar-refractivity contribution in [2.45, 2.75) is 0 Å². The lowest BCUT2D eigenvalue weighted by Crippen LogP contribution is -2.25. The quantitative estimate of drug-likeness (QED) is 0.786. The molecule has 0 spiro atoms. The summed E-state index contributed by atoms with van der Waals surface area (Å²) in [7, 11) is 0. The van der Waals surface area contributed by atoms with Gasteiger partial charge in [-0.25, -0.2) is 4.98 Å². The number of rotatable bonds is 4. The third-order valence-corrected chi connectivity index (χ3v) is 2.75. The summed E-state index contributed by atoms with van der Waals surface area (Å²) < 4.78 is 0. The van der Waals surface area contributed by atoms with Gasteiger partial charge in [0.1, 0.15) is 5.82 Å². The largest absolute Gasteiger partial charge is 0.390 e. The van der Waals surface area contributed by atoms with Gasteiger partial charge in [-0.3, -0.25) is 4.79 Å². The Morgan fingerprint density at radius 3 is 2.65 bits per heavy atom. The Morgan fingerprint density at radius 2 is 2.00 bits per heavy atom. The predicted molar refractivity (Wildman–Crippen MR) is 77.8 cm³/mol. The van der Waals surface area contributed by atoms with Crippen molar-refractivity contribution < 1.29 is 9.90 Å². The molecule has 0 atom stereocenters. The third kappa shape index (κ3) is 3.02. The van der Waals surface area contributed by atoms with Crippen LogP contribution in [0.3, 0.4) is 0 Å². The fourth-order valence-corrected chi connectivity index (χ4v) is 1.71. The van der Waals surface area contributed by atoms with Crippen molar-refractivity contribution in [3.63, 3.8) is 0 Å². The van der Waals surface area contributed by atoms with Crippen molar-refractivity contribution in [2.75, 3.05) is 12.3 Å². The molecule has 0 aliphatic rings. The number of aliphatic hydroxyl groups excluding tert-OH is 1. The first kappa shape index (κ1) is 13.8. The standard InChI is InChI=1S/C15H15N3O2/c1-10(9-19)18-15(20)13-7-12(8-17-14(13)16)11-5-3-2-4-6-11/h2-8,19H,1,9H2,(H2,16,17)(H,18,20). The molecule has 1 aromatic heterocycles. The van der Waals surface area contributed by atoms with E-state index in [1.54, 1.807) is 12.3 Å². The molecule has 2 rings (SSSR count). The molecule has 0 aliphatic heterocycles. The van der Waals surface area contributed by atoms with Crippen LogP contribution in [0.4, 0.5) is 5.82 Å². The van der Waals surface area contributed by atoms with Crippen molar-refractivity contribution in [3.8, 4) is 11.1 Å². The van der Waals surface area contributed by atoms with E-state index in [1.807, 2.05) is 30.3 Å². The molecular weight excluding hydrogens is 254 g/mol.